The fraction of sp³-hybridized carbons (Fsp3) is 0.545. The largest absolute Gasteiger partial charge is 0.387 e. The molecule has 13 heavy (non-hydrogen) atoms. The van der Waals surface area contributed by atoms with E-state index in [0.29, 0.717) is 0 Å². The lowest BCUT2D eigenvalue weighted by molar-refractivity contribution is 0.159. The van der Waals surface area contributed by atoms with E-state index < -0.39 is 0 Å². The minimum atomic E-state index is -0.389. The van der Waals surface area contributed by atoms with Crippen LogP contribution in [0.2, 0.25) is 0 Å². The molecule has 0 aromatic carbocycles. The Balaban J connectivity index is 2.60. The van der Waals surface area contributed by atoms with Crippen molar-refractivity contribution >= 4 is 0 Å². The Morgan fingerprint density at radius 1 is 1.54 bits per heavy atom. The molecule has 1 unspecified atom stereocenters. The molecule has 0 spiro atoms. The Kier molecular flexibility index (Phi) is 3.90. The zero-order valence-corrected chi connectivity index (χ0v) is 8.33. The molecule has 1 N–H and O–H groups in total. The molecule has 72 valence electrons. The van der Waals surface area contributed by atoms with Crippen LogP contribution < -0.4 is 0 Å². The number of unbranched alkanes of at least 4 members (excludes halogenated alkanes) is 1. The molecule has 0 bridgehead atoms. The number of aromatic nitrogens is 1. The van der Waals surface area contributed by atoms with Gasteiger partial charge in [-0.25, -0.2) is 0 Å². The first kappa shape index (κ1) is 10.2. The minimum Gasteiger partial charge on any atom is -0.387 e. The quantitative estimate of drug-likeness (QED) is 0.770. The van der Waals surface area contributed by atoms with Crippen LogP contribution >= 0.6 is 0 Å². The molecule has 0 aliphatic carbocycles. The third kappa shape index (κ3) is 3.15. The third-order valence-electron chi connectivity index (χ3n) is 2.11. The maximum Gasteiger partial charge on any atom is 0.0959 e. The molecule has 0 aliphatic rings. The maximum absolute atomic E-state index is 9.71. The number of pyridine rings is 1. The average Bonchev–Trinajstić information content (AvgIpc) is 2.14. The van der Waals surface area contributed by atoms with E-state index in [-0.39, 0.29) is 6.10 Å². The number of aliphatic hydroxyl groups excluding tert-OH is 1. The highest BCUT2D eigenvalue weighted by Crippen LogP contribution is 2.17. The molecule has 0 saturated heterocycles. The number of hydrogen-bond acceptors (Lipinski definition) is 2. The molecule has 0 aliphatic heterocycles. The SMILES string of the molecule is CCCCC(O)c1cc(C)ccn1. The first-order valence-electron chi connectivity index (χ1n) is 4.84. The van der Waals surface area contributed by atoms with Crippen LogP contribution in [0, 0.1) is 6.92 Å². The van der Waals surface area contributed by atoms with E-state index in [0.717, 1.165) is 30.5 Å². The fourth-order valence-electron chi connectivity index (χ4n) is 1.29. The highest BCUT2D eigenvalue weighted by atomic mass is 16.3. The highest BCUT2D eigenvalue weighted by Gasteiger charge is 2.07. The van der Waals surface area contributed by atoms with Crippen molar-refractivity contribution in [3.63, 3.8) is 0 Å². The summed E-state index contributed by atoms with van der Waals surface area (Å²) >= 11 is 0. The van der Waals surface area contributed by atoms with Gasteiger partial charge in [0.1, 0.15) is 0 Å². The van der Waals surface area contributed by atoms with Gasteiger partial charge < -0.3 is 5.11 Å². The maximum atomic E-state index is 9.71. The topological polar surface area (TPSA) is 33.1 Å². The monoisotopic (exact) mass is 179 g/mol. The molecular formula is C11H17NO. The Bertz CT molecular complexity index is 260. The van der Waals surface area contributed by atoms with Gasteiger partial charge in [-0.1, -0.05) is 19.8 Å². The Labute approximate surface area is 79.6 Å². The summed E-state index contributed by atoms with van der Waals surface area (Å²) in [6, 6.07) is 3.89. The fourth-order valence-corrected chi connectivity index (χ4v) is 1.29. The van der Waals surface area contributed by atoms with Crippen LogP contribution in [0.4, 0.5) is 0 Å². The van der Waals surface area contributed by atoms with Crippen LogP contribution in [-0.2, 0) is 0 Å². The second-order valence-electron chi connectivity index (χ2n) is 3.42. The van der Waals surface area contributed by atoms with Gasteiger partial charge in [-0.15, -0.1) is 0 Å². The van der Waals surface area contributed by atoms with Gasteiger partial charge in [0.05, 0.1) is 11.8 Å². The van der Waals surface area contributed by atoms with Gasteiger partial charge in [0.2, 0.25) is 0 Å². The van der Waals surface area contributed by atoms with Crippen molar-refractivity contribution in [1.29, 1.82) is 0 Å². The van der Waals surface area contributed by atoms with Crippen molar-refractivity contribution in [2.45, 2.75) is 39.2 Å². The molecule has 0 radical (unpaired) electrons. The summed E-state index contributed by atoms with van der Waals surface area (Å²) < 4.78 is 0. The number of nitrogens with zero attached hydrogens (tertiary/aromatic N) is 1. The predicted molar refractivity (Wildman–Crippen MR) is 53.5 cm³/mol. The summed E-state index contributed by atoms with van der Waals surface area (Å²) in [5.74, 6) is 0. The molecule has 0 amide bonds. The molecule has 0 fully saturated rings. The zero-order valence-electron chi connectivity index (χ0n) is 8.33. The van der Waals surface area contributed by atoms with Crippen LogP contribution in [0.15, 0.2) is 18.3 Å². The van der Waals surface area contributed by atoms with E-state index in [1.807, 2.05) is 19.1 Å². The van der Waals surface area contributed by atoms with E-state index in [1.165, 1.54) is 0 Å². The Morgan fingerprint density at radius 2 is 2.31 bits per heavy atom. The number of aryl methyl sites for hydroxylation is 1. The minimum absolute atomic E-state index is 0.389. The van der Waals surface area contributed by atoms with Gasteiger partial charge in [-0.2, -0.15) is 0 Å². The van der Waals surface area contributed by atoms with E-state index in [4.69, 9.17) is 0 Å². The van der Waals surface area contributed by atoms with Crippen LogP contribution in [-0.4, -0.2) is 10.1 Å². The van der Waals surface area contributed by atoms with Crippen LogP contribution in [0.1, 0.15) is 43.5 Å². The van der Waals surface area contributed by atoms with Gasteiger partial charge in [0.25, 0.3) is 0 Å². The van der Waals surface area contributed by atoms with Gasteiger partial charge in [0.15, 0.2) is 0 Å². The summed E-state index contributed by atoms with van der Waals surface area (Å²) in [6.07, 6.45) is 4.34. The molecule has 1 aromatic heterocycles. The number of rotatable bonds is 4. The average molecular weight is 179 g/mol. The first-order valence-corrected chi connectivity index (χ1v) is 4.84. The van der Waals surface area contributed by atoms with Crippen LogP contribution in [0.25, 0.3) is 0 Å². The summed E-state index contributed by atoms with van der Waals surface area (Å²) in [6.45, 7) is 4.13. The lowest BCUT2D eigenvalue weighted by Crippen LogP contribution is -2.00. The normalized spacial score (nSPS) is 12.8. The molecule has 1 heterocycles. The van der Waals surface area contributed by atoms with Crippen molar-refractivity contribution in [2.24, 2.45) is 0 Å². The van der Waals surface area contributed by atoms with E-state index >= 15 is 0 Å². The number of aliphatic hydroxyl groups is 1. The smallest absolute Gasteiger partial charge is 0.0959 e. The van der Waals surface area contributed by atoms with Crippen molar-refractivity contribution in [1.82, 2.24) is 4.98 Å². The second kappa shape index (κ2) is 4.97. The Hall–Kier alpha value is -0.890. The summed E-state index contributed by atoms with van der Waals surface area (Å²) in [5, 5.41) is 9.71. The van der Waals surface area contributed by atoms with Gasteiger partial charge in [-0.3, -0.25) is 4.98 Å². The van der Waals surface area contributed by atoms with Gasteiger partial charge in [0, 0.05) is 6.20 Å². The standard InChI is InChI=1S/C11H17NO/c1-3-4-5-11(13)10-8-9(2)6-7-12-10/h6-8,11,13H,3-5H2,1-2H3. The van der Waals surface area contributed by atoms with Crippen molar-refractivity contribution in [2.75, 3.05) is 0 Å². The molecular weight excluding hydrogens is 162 g/mol. The Morgan fingerprint density at radius 3 is 2.92 bits per heavy atom. The summed E-state index contributed by atoms with van der Waals surface area (Å²) in [5.41, 5.74) is 1.95. The first-order chi connectivity index (χ1) is 6.24. The summed E-state index contributed by atoms with van der Waals surface area (Å²) in [4.78, 5) is 4.14. The zero-order chi connectivity index (χ0) is 9.68. The highest BCUT2D eigenvalue weighted by molar-refractivity contribution is 5.15. The molecule has 2 nitrogen and oxygen atoms in total. The van der Waals surface area contributed by atoms with Gasteiger partial charge in [-0.05, 0) is 31.0 Å². The van der Waals surface area contributed by atoms with Crippen molar-refractivity contribution in [3.8, 4) is 0 Å². The van der Waals surface area contributed by atoms with Crippen molar-refractivity contribution < 1.29 is 5.11 Å². The van der Waals surface area contributed by atoms with Gasteiger partial charge >= 0.3 is 0 Å². The lowest BCUT2D eigenvalue weighted by atomic mass is 10.1. The second-order valence-corrected chi connectivity index (χ2v) is 3.42. The number of hydrogen-bond donors (Lipinski definition) is 1. The summed E-state index contributed by atoms with van der Waals surface area (Å²) in [7, 11) is 0. The van der Waals surface area contributed by atoms with E-state index in [2.05, 4.69) is 11.9 Å². The third-order valence-corrected chi connectivity index (χ3v) is 2.11. The lowest BCUT2D eigenvalue weighted by Gasteiger charge is -2.09. The molecule has 1 aromatic rings. The van der Waals surface area contributed by atoms with Crippen LogP contribution in [0.3, 0.4) is 0 Å². The van der Waals surface area contributed by atoms with Crippen molar-refractivity contribution in [3.05, 3.63) is 29.6 Å². The van der Waals surface area contributed by atoms with E-state index in [9.17, 15) is 5.11 Å². The molecule has 1 atom stereocenters. The van der Waals surface area contributed by atoms with Crippen LogP contribution in [0.5, 0.6) is 0 Å². The molecule has 0 saturated carbocycles. The molecule has 1 rings (SSSR count). The van der Waals surface area contributed by atoms with E-state index in [1.54, 1.807) is 6.20 Å². The predicted octanol–water partition coefficient (Wildman–Crippen LogP) is 2.61. The molecule has 2 heteroatoms.